The lowest BCUT2D eigenvalue weighted by atomic mass is 10.2. The summed E-state index contributed by atoms with van der Waals surface area (Å²) >= 11 is 1.57. The number of likely N-dealkylation sites (N-methyl/N-ethyl adjacent to an activating group) is 1. The molecule has 13 nitrogen and oxygen atoms in total. The molecule has 0 bridgehead atoms. The third kappa shape index (κ3) is 7.17. The Morgan fingerprint density at radius 2 is 1.76 bits per heavy atom. The van der Waals surface area contributed by atoms with Gasteiger partial charge in [0.15, 0.2) is 5.65 Å². The average Bonchev–Trinajstić information content (AvgIpc) is 3.89. The van der Waals surface area contributed by atoms with E-state index in [4.69, 9.17) is 34.3 Å². The molecule has 0 atom stereocenters. The van der Waals surface area contributed by atoms with Crippen molar-refractivity contribution in [3.8, 4) is 22.1 Å². The molecule has 1 aliphatic heterocycles. The molecule has 4 aromatic heterocycles. The lowest BCUT2D eigenvalue weighted by Crippen LogP contribution is -2.45. The summed E-state index contributed by atoms with van der Waals surface area (Å²) in [5, 5.41) is 7.72. The van der Waals surface area contributed by atoms with Gasteiger partial charge in [0.2, 0.25) is 11.9 Å². The molecular weight excluding hydrogens is 669 g/mol. The number of piperazine rings is 1. The van der Waals surface area contributed by atoms with E-state index in [1.165, 1.54) is 0 Å². The van der Waals surface area contributed by atoms with Gasteiger partial charge in [0.25, 0.3) is 0 Å². The van der Waals surface area contributed by atoms with Crippen molar-refractivity contribution < 1.29 is 14.2 Å². The maximum Gasteiger partial charge on any atom is 0.232 e. The summed E-state index contributed by atoms with van der Waals surface area (Å²) in [4.78, 5) is 27.0. The molecule has 1 fully saturated rings. The summed E-state index contributed by atoms with van der Waals surface area (Å²) in [7, 11) is 5.11. The van der Waals surface area contributed by atoms with Crippen LogP contribution < -0.4 is 19.3 Å². The summed E-state index contributed by atoms with van der Waals surface area (Å²) in [6, 6.07) is 15.2. The number of benzene rings is 2. The maximum absolute atomic E-state index is 6.29. The zero-order valence-corrected chi connectivity index (χ0v) is 31.1. The number of ether oxygens (including phenoxy) is 3. The molecule has 0 saturated carbocycles. The second-order valence-electron chi connectivity index (χ2n) is 12.7. The topological polar surface area (TPSA) is 111 Å². The molecule has 0 N–H and O–H groups in total. The molecule has 0 spiro atoms. The van der Waals surface area contributed by atoms with Crippen LogP contribution in [0.4, 0.5) is 11.9 Å². The van der Waals surface area contributed by atoms with Crippen LogP contribution in [0, 0.1) is 0 Å². The predicted molar refractivity (Wildman–Crippen MR) is 199 cm³/mol. The van der Waals surface area contributed by atoms with E-state index in [0.29, 0.717) is 44.0 Å². The first kappa shape index (κ1) is 33.9. The van der Waals surface area contributed by atoms with Gasteiger partial charge in [-0.25, -0.2) is 9.97 Å². The van der Waals surface area contributed by atoms with Crippen molar-refractivity contribution >= 4 is 48.7 Å². The van der Waals surface area contributed by atoms with E-state index in [2.05, 4.69) is 56.5 Å². The fraction of sp³-hybridized carbons (Fsp3) is 0.400. The van der Waals surface area contributed by atoms with Gasteiger partial charge < -0.3 is 28.9 Å². The van der Waals surface area contributed by atoms with Gasteiger partial charge in [-0.2, -0.15) is 19.6 Å². The number of para-hydroxylation sites is 1. The predicted octanol–water partition coefficient (Wildman–Crippen LogP) is 5.30. The fourth-order valence-electron chi connectivity index (χ4n) is 6.09. The molecule has 1 aliphatic rings. The highest BCUT2D eigenvalue weighted by molar-refractivity contribution is 7.13. The van der Waals surface area contributed by atoms with Gasteiger partial charge in [-0.1, -0.05) is 31.3 Å². The number of hydrogen-bond donors (Lipinski definition) is 0. The molecule has 7 rings (SSSR count). The van der Waals surface area contributed by atoms with Crippen LogP contribution in [0.15, 0.2) is 60.2 Å². The van der Waals surface area contributed by atoms with Crippen LogP contribution in [0.5, 0.6) is 11.5 Å². The van der Waals surface area contributed by atoms with Gasteiger partial charge >= 0.3 is 0 Å². The zero-order valence-electron chi connectivity index (χ0n) is 29.2. The quantitative estimate of drug-likeness (QED) is 0.108. The SMILES string of the molecule is COc1ccc(CN(Cc2nc3cccc(OC)c3n2COCC[Si](C)C)c2nc(N3CCN(C)CC3)nc3c(-c4nccs4)cnn23)cc1. The molecule has 2 aromatic carbocycles. The molecule has 15 heteroatoms. The Labute approximate surface area is 297 Å². The molecule has 0 aliphatic carbocycles. The van der Waals surface area contributed by atoms with E-state index in [0.717, 1.165) is 76.7 Å². The normalized spacial score (nSPS) is 13.9. The molecule has 0 amide bonds. The second-order valence-corrected chi connectivity index (χ2v) is 16.5. The van der Waals surface area contributed by atoms with Gasteiger partial charge in [0, 0.05) is 59.7 Å². The number of nitrogens with zero attached hydrogens (tertiary/aromatic N) is 10. The van der Waals surface area contributed by atoms with Crippen molar-refractivity contribution in [3.63, 3.8) is 0 Å². The van der Waals surface area contributed by atoms with E-state index >= 15 is 0 Å². The number of thiazole rings is 1. The third-order valence-corrected chi connectivity index (χ3v) is 10.9. The third-order valence-electron chi connectivity index (χ3n) is 8.93. The monoisotopic (exact) mass is 711 g/mol. The Balaban J connectivity index is 1.36. The minimum atomic E-state index is -0.411. The largest absolute Gasteiger partial charge is 0.497 e. The maximum atomic E-state index is 6.29. The lowest BCUT2D eigenvalue weighted by molar-refractivity contribution is 0.0879. The van der Waals surface area contributed by atoms with E-state index < -0.39 is 8.80 Å². The molecule has 261 valence electrons. The Kier molecular flexibility index (Phi) is 10.3. The molecule has 5 heterocycles. The van der Waals surface area contributed by atoms with Crippen molar-refractivity contribution in [1.29, 1.82) is 0 Å². The first-order valence-electron chi connectivity index (χ1n) is 16.8. The second kappa shape index (κ2) is 15.1. The highest BCUT2D eigenvalue weighted by atomic mass is 32.1. The fourth-order valence-corrected chi connectivity index (χ4v) is 7.28. The number of imidazole rings is 1. The van der Waals surface area contributed by atoms with Crippen molar-refractivity contribution in [2.45, 2.75) is 39.0 Å². The number of methoxy groups -OCH3 is 2. The molecule has 1 radical (unpaired) electrons. The van der Waals surface area contributed by atoms with E-state index in [1.54, 1.807) is 25.6 Å². The van der Waals surface area contributed by atoms with Crippen molar-refractivity contribution in [2.24, 2.45) is 0 Å². The lowest BCUT2D eigenvalue weighted by Gasteiger charge is -2.33. The summed E-state index contributed by atoms with van der Waals surface area (Å²) in [5.74, 6) is 3.73. The standard InChI is InChI=1S/C35H43N10O3SSi/c1-41-14-16-42(17-15-41)34-39-32-27(33-36-13-19-49-33)21-37-45(32)35(40-34)43(22-25-9-11-26(46-2)12-10-25)23-30-38-28-7-6-8-29(47-3)31(28)44(30)24-48-18-20-50(4)5/h6-13,19,21H,14-18,20,22-24H2,1-5H3. The molecule has 50 heavy (non-hydrogen) atoms. The molecule has 1 saturated heterocycles. The van der Waals surface area contributed by atoms with Crippen LogP contribution in [-0.4, -0.2) is 102 Å². The van der Waals surface area contributed by atoms with Crippen molar-refractivity contribution in [2.75, 3.05) is 63.9 Å². The minimum absolute atomic E-state index is 0.361. The van der Waals surface area contributed by atoms with Crippen molar-refractivity contribution in [1.82, 2.24) is 39.0 Å². The summed E-state index contributed by atoms with van der Waals surface area (Å²) in [5.41, 5.74) is 4.43. The molecule has 0 unspecified atom stereocenters. The van der Waals surface area contributed by atoms with Gasteiger partial charge in [-0.05, 0) is 42.9 Å². The van der Waals surface area contributed by atoms with Crippen LogP contribution >= 0.6 is 11.3 Å². The summed E-state index contributed by atoms with van der Waals surface area (Å²) < 4.78 is 21.6. The smallest absolute Gasteiger partial charge is 0.232 e. The highest BCUT2D eigenvalue weighted by Gasteiger charge is 2.26. The van der Waals surface area contributed by atoms with Crippen LogP contribution in [0.25, 0.3) is 27.3 Å². The Morgan fingerprint density at radius 3 is 2.48 bits per heavy atom. The van der Waals surface area contributed by atoms with Crippen LogP contribution in [0.2, 0.25) is 19.1 Å². The Morgan fingerprint density at radius 1 is 0.940 bits per heavy atom. The van der Waals surface area contributed by atoms with E-state index in [-0.39, 0.29) is 0 Å². The zero-order chi connectivity index (χ0) is 34.6. The minimum Gasteiger partial charge on any atom is -0.497 e. The molecular formula is C35H43N10O3SSi. The van der Waals surface area contributed by atoms with E-state index in [9.17, 15) is 0 Å². The number of anilines is 2. The Hall–Kier alpha value is -4.57. The van der Waals surface area contributed by atoms with Gasteiger partial charge in [0.05, 0.1) is 38.0 Å². The number of fused-ring (bicyclic) bond motifs is 2. The van der Waals surface area contributed by atoms with Crippen LogP contribution in [-0.2, 0) is 24.6 Å². The number of rotatable bonds is 14. The number of hydrogen-bond acceptors (Lipinski definition) is 12. The molecule has 6 aromatic rings. The van der Waals surface area contributed by atoms with Crippen molar-refractivity contribution in [3.05, 3.63) is 71.6 Å². The van der Waals surface area contributed by atoms with E-state index in [1.807, 2.05) is 52.6 Å². The first-order chi connectivity index (χ1) is 24.4. The Bertz CT molecular complexity index is 2020. The average molecular weight is 712 g/mol. The number of aromatic nitrogens is 7. The van der Waals surface area contributed by atoms with Gasteiger partial charge in [-0.15, -0.1) is 11.3 Å². The first-order valence-corrected chi connectivity index (χ1v) is 20.4. The summed E-state index contributed by atoms with van der Waals surface area (Å²) in [6.45, 7) is 10.1. The highest BCUT2D eigenvalue weighted by Crippen LogP contribution is 2.32. The summed E-state index contributed by atoms with van der Waals surface area (Å²) in [6.07, 6.45) is 3.66. The van der Waals surface area contributed by atoms with Gasteiger partial charge in [-0.3, -0.25) is 4.57 Å². The van der Waals surface area contributed by atoms with Crippen LogP contribution in [0.3, 0.4) is 0 Å². The van der Waals surface area contributed by atoms with Gasteiger partial charge in [0.1, 0.15) is 34.6 Å². The van der Waals surface area contributed by atoms with Crippen LogP contribution in [0.1, 0.15) is 11.4 Å².